The molecule has 0 saturated heterocycles. The van der Waals surface area contributed by atoms with Gasteiger partial charge in [0.25, 0.3) is 0 Å². The Morgan fingerprint density at radius 3 is 1.96 bits per heavy atom. The van der Waals surface area contributed by atoms with Crippen molar-refractivity contribution in [1.82, 2.24) is 5.32 Å². The van der Waals surface area contributed by atoms with Gasteiger partial charge in [0.1, 0.15) is 0 Å². The highest BCUT2D eigenvalue weighted by Gasteiger charge is 2.29. The molecule has 0 unspecified atom stereocenters. The minimum Gasteiger partial charge on any atom is -0.329 e. The molecule has 0 radical (unpaired) electrons. The highest BCUT2D eigenvalue weighted by atomic mass is 19.4. The van der Waals surface area contributed by atoms with Crippen molar-refractivity contribution < 1.29 is 22.8 Å². The van der Waals surface area contributed by atoms with Crippen molar-refractivity contribution in [1.29, 1.82) is 0 Å². The minimum absolute atomic E-state index is 0.209. The van der Waals surface area contributed by atoms with Crippen LogP contribution in [0.15, 0.2) is 48.5 Å². The van der Waals surface area contributed by atoms with E-state index in [9.17, 15) is 22.8 Å². The largest absolute Gasteiger partial charge is 0.416 e. The summed E-state index contributed by atoms with van der Waals surface area (Å²) in [5, 5.41) is 7.36. The molecule has 138 valence electrons. The number of amides is 3. The lowest BCUT2D eigenvalue weighted by atomic mass is 10.1. The van der Waals surface area contributed by atoms with E-state index in [0.29, 0.717) is 5.69 Å². The molecule has 0 atom stereocenters. The molecule has 2 aromatic carbocycles. The van der Waals surface area contributed by atoms with Gasteiger partial charge in [-0.3, -0.25) is 4.79 Å². The minimum atomic E-state index is -4.43. The molecule has 0 fully saturated rings. The van der Waals surface area contributed by atoms with Gasteiger partial charge in [0.15, 0.2) is 0 Å². The number of halogens is 3. The van der Waals surface area contributed by atoms with E-state index in [4.69, 9.17) is 0 Å². The molecule has 26 heavy (non-hydrogen) atoms. The number of carbonyl (C=O) groups is 2. The molecule has 0 heterocycles. The predicted octanol–water partition coefficient (Wildman–Crippen LogP) is 4.03. The fraction of sp³-hybridized carbons (Fsp3) is 0.222. The van der Waals surface area contributed by atoms with E-state index in [2.05, 4.69) is 16.0 Å². The van der Waals surface area contributed by atoms with Crippen LogP contribution in [-0.4, -0.2) is 18.5 Å². The third kappa shape index (κ3) is 5.80. The summed E-state index contributed by atoms with van der Waals surface area (Å²) in [4.78, 5) is 23.5. The number of aryl methyl sites for hydroxylation is 1. The van der Waals surface area contributed by atoms with Crippen LogP contribution in [-0.2, 0) is 17.4 Å². The molecule has 0 spiro atoms. The van der Waals surface area contributed by atoms with E-state index in [0.717, 1.165) is 36.2 Å². The smallest absolute Gasteiger partial charge is 0.329 e. The lowest BCUT2D eigenvalue weighted by Crippen LogP contribution is -2.35. The Labute approximate surface area is 148 Å². The number of nitrogens with one attached hydrogen (secondary N) is 3. The van der Waals surface area contributed by atoms with Crippen LogP contribution < -0.4 is 16.0 Å². The summed E-state index contributed by atoms with van der Waals surface area (Å²) in [5.41, 5.74) is 1.12. The van der Waals surface area contributed by atoms with Crippen LogP contribution in [0.2, 0.25) is 0 Å². The normalized spacial score (nSPS) is 10.9. The summed E-state index contributed by atoms with van der Waals surface area (Å²) in [6.07, 6.45) is -3.55. The topological polar surface area (TPSA) is 70.2 Å². The van der Waals surface area contributed by atoms with Gasteiger partial charge in [-0.1, -0.05) is 19.1 Å². The second-order valence-electron chi connectivity index (χ2n) is 5.48. The van der Waals surface area contributed by atoms with E-state index in [1.807, 2.05) is 19.1 Å². The second-order valence-corrected chi connectivity index (χ2v) is 5.48. The van der Waals surface area contributed by atoms with Gasteiger partial charge in [-0.15, -0.1) is 0 Å². The van der Waals surface area contributed by atoms with Crippen LogP contribution >= 0.6 is 0 Å². The van der Waals surface area contributed by atoms with Crippen molar-refractivity contribution in [2.45, 2.75) is 19.5 Å². The molecule has 0 aliphatic heterocycles. The molecular weight excluding hydrogens is 347 g/mol. The average Bonchev–Trinajstić information content (AvgIpc) is 2.60. The molecule has 5 nitrogen and oxygen atoms in total. The number of anilines is 2. The van der Waals surface area contributed by atoms with Crippen molar-refractivity contribution in [2.24, 2.45) is 0 Å². The van der Waals surface area contributed by atoms with E-state index < -0.39 is 23.7 Å². The third-order valence-electron chi connectivity index (χ3n) is 3.53. The van der Waals surface area contributed by atoms with Crippen molar-refractivity contribution in [3.05, 3.63) is 59.7 Å². The molecule has 0 bridgehead atoms. The number of rotatable bonds is 5. The average molecular weight is 365 g/mol. The maximum Gasteiger partial charge on any atom is 0.416 e. The zero-order valence-corrected chi connectivity index (χ0v) is 14.0. The quantitative estimate of drug-likeness (QED) is 0.749. The summed E-state index contributed by atoms with van der Waals surface area (Å²) in [7, 11) is 0. The first-order valence-electron chi connectivity index (χ1n) is 7.89. The fourth-order valence-corrected chi connectivity index (χ4v) is 2.11. The number of benzene rings is 2. The van der Waals surface area contributed by atoms with Crippen molar-refractivity contribution in [3.63, 3.8) is 0 Å². The Hall–Kier alpha value is -3.03. The standard InChI is InChI=1S/C18H18F3N3O2/c1-2-12-3-7-15(8-4-12)24-17(26)22-11-16(25)23-14-9-5-13(6-10-14)18(19,20)21/h3-10H,2,11H2,1H3,(H,23,25)(H2,22,24,26). The lowest BCUT2D eigenvalue weighted by molar-refractivity contribution is -0.137. The van der Waals surface area contributed by atoms with Gasteiger partial charge in [0.05, 0.1) is 12.1 Å². The summed E-state index contributed by atoms with van der Waals surface area (Å²) >= 11 is 0. The zero-order valence-electron chi connectivity index (χ0n) is 14.0. The monoisotopic (exact) mass is 365 g/mol. The van der Waals surface area contributed by atoms with Crippen molar-refractivity contribution >= 4 is 23.3 Å². The summed E-state index contributed by atoms with van der Waals surface area (Å²) in [5.74, 6) is -0.554. The first kappa shape index (κ1) is 19.3. The lowest BCUT2D eigenvalue weighted by Gasteiger charge is -2.10. The molecule has 2 aromatic rings. The second kappa shape index (κ2) is 8.37. The predicted molar refractivity (Wildman–Crippen MR) is 92.9 cm³/mol. The summed E-state index contributed by atoms with van der Waals surface area (Å²) in [6, 6.07) is 10.7. The van der Waals surface area contributed by atoms with Crippen molar-refractivity contribution in [2.75, 3.05) is 17.2 Å². The van der Waals surface area contributed by atoms with E-state index >= 15 is 0 Å². The number of hydrogen-bond donors (Lipinski definition) is 3. The van der Waals surface area contributed by atoms with Crippen LogP contribution in [0.4, 0.5) is 29.3 Å². The SMILES string of the molecule is CCc1ccc(NC(=O)NCC(=O)Nc2ccc(C(F)(F)F)cc2)cc1. The van der Waals surface area contributed by atoms with Crippen molar-refractivity contribution in [3.8, 4) is 0 Å². The van der Waals surface area contributed by atoms with E-state index in [-0.39, 0.29) is 12.2 Å². The maximum atomic E-state index is 12.5. The molecule has 3 N–H and O–H groups in total. The number of urea groups is 1. The summed E-state index contributed by atoms with van der Waals surface area (Å²) in [6.45, 7) is 1.70. The zero-order chi connectivity index (χ0) is 19.2. The van der Waals surface area contributed by atoms with Crippen LogP contribution in [0, 0.1) is 0 Å². The van der Waals surface area contributed by atoms with Gasteiger partial charge in [0, 0.05) is 11.4 Å². The summed E-state index contributed by atoms with van der Waals surface area (Å²) < 4.78 is 37.4. The van der Waals surface area contributed by atoms with Gasteiger partial charge < -0.3 is 16.0 Å². The number of carbonyl (C=O) groups excluding carboxylic acids is 2. The van der Waals surface area contributed by atoms with Gasteiger partial charge in [-0.05, 0) is 48.4 Å². The molecule has 0 saturated carbocycles. The molecule has 0 aromatic heterocycles. The molecule has 0 aliphatic rings. The molecule has 8 heteroatoms. The van der Waals surface area contributed by atoms with Gasteiger partial charge in [-0.2, -0.15) is 13.2 Å². The van der Waals surface area contributed by atoms with Gasteiger partial charge in [-0.25, -0.2) is 4.79 Å². The van der Waals surface area contributed by atoms with E-state index in [1.165, 1.54) is 0 Å². The van der Waals surface area contributed by atoms with Gasteiger partial charge in [0.2, 0.25) is 5.91 Å². The van der Waals surface area contributed by atoms with Crippen LogP contribution in [0.3, 0.4) is 0 Å². The molecular formula is C18H18F3N3O2. The highest BCUT2D eigenvalue weighted by Crippen LogP contribution is 2.29. The van der Waals surface area contributed by atoms with E-state index in [1.54, 1.807) is 12.1 Å². The Bertz CT molecular complexity index is 757. The number of alkyl halides is 3. The maximum absolute atomic E-state index is 12.5. The third-order valence-corrected chi connectivity index (χ3v) is 3.53. The van der Waals surface area contributed by atoms with Crippen LogP contribution in [0.1, 0.15) is 18.1 Å². The first-order chi connectivity index (χ1) is 12.3. The number of hydrogen-bond acceptors (Lipinski definition) is 2. The Morgan fingerprint density at radius 1 is 0.885 bits per heavy atom. The fourth-order valence-electron chi connectivity index (χ4n) is 2.11. The van der Waals surface area contributed by atoms with Crippen LogP contribution in [0.25, 0.3) is 0 Å². The molecule has 2 rings (SSSR count). The van der Waals surface area contributed by atoms with Crippen LogP contribution in [0.5, 0.6) is 0 Å². The highest BCUT2D eigenvalue weighted by molar-refractivity contribution is 5.96. The molecule has 0 aliphatic carbocycles. The Balaban J connectivity index is 1.79. The Morgan fingerprint density at radius 2 is 1.42 bits per heavy atom. The van der Waals surface area contributed by atoms with Gasteiger partial charge >= 0.3 is 12.2 Å². The molecule has 3 amide bonds. The first-order valence-corrected chi connectivity index (χ1v) is 7.89. The Kier molecular flexibility index (Phi) is 6.21.